The van der Waals surface area contributed by atoms with Gasteiger partial charge in [-0.15, -0.1) is 0 Å². The molecule has 0 saturated carbocycles. The predicted molar refractivity (Wildman–Crippen MR) is 265 cm³/mol. The average molecular weight is 800 g/mol. The summed E-state index contributed by atoms with van der Waals surface area (Å²) in [6.07, 6.45) is 0. The standard InChI is InChI=1S/C60H37N3/c1-2-18-41-39(17-1)40-19-3-4-25-47(40)59-49(27-16-34-57(59)62-53-30-12-7-22-44(53)45-23-8-13-31-54(45)62)60-48(41)26-15-33-58(60)63-55-32-14-9-24-46(55)50-37-38(35-36-56(50)63)61-51-28-10-5-20-42(51)43-21-6-11-29-52(43)61/h1-37H. The summed E-state index contributed by atoms with van der Waals surface area (Å²) in [5.41, 5.74) is 20.4. The summed E-state index contributed by atoms with van der Waals surface area (Å²) < 4.78 is 7.44. The number of fused-ring (bicyclic) bond motifs is 17. The molecular weight excluding hydrogens is 763 g/mol. The zero-order chi connectivity index (χ0) is 41.2. The molecule has 3 heterocycles. The van der Waals surface area contributed by atoms with E-state index in [2.05, 4.69) is 238 Å². The van der Waals surface area contributed by atoms with Crippen molar-refractivity contribution in [3.8, 4) is 61.6 Å². The lowest BCUT2D eigenvalue weighted by Gasteiger charge is -2.27. The first-order valence-electron chi connectivity index (χ1n) is 21.8. The Kier molecular flexibility index (Phi) is 7.11. The van der Waals surface area contributed by atoms with Gasteiger partial charge in [-0.25, -0.2) is 0 Å². The maximum Gasteiger partial charge on any atom is 0.0547 e. The highest BCUT2D eigenvalue weighted by Crippen LogP contribution is 2.52. The van der Waals surface area contributed by atoms with Gasteiger partial charge in [-0.1, -0.05) is 164 Å². The minimum Gasteiger partial charge on any atom is -0.309 e. The molecule has 63 heavy (non-hydrogen) atoms. The van der Waals surface area contributed by atoms with Gasteiger partial charge in [-0.2, -0.15) is 0 Å². The van der Waals surface area contributed by atoms with E-state index in [9.17, 15) is 0 Å². The molecule has 1 aliphatic carbocycles. The average Bonchev–Trinajstić information content (AvgIpc) is 3.99. The van der Waals surface area contributed by atoms with E-state index in [1.165, 1.54) is 110 Å². The number of nitrogens with zero attached hydrogens (tertiary/aromatic N) is 3. The van der Waals surface area contributed by atoms with Crippen LogP contribution in [0.1, 0.15) is 0 Å². The molecule has 3 aromatic heterocycles. The Morgan fingerprint density at radius 3 is 1.05 bits per heavy atom. The quantitative estimate of drug-likeness (QED) is 0.169. The number of hydrogen-bond donors (Lipinski definition) is 0. The summed E-state index contributed by atoms with van der Waals surface area (Å²) >= 11 is 0. The highest BCUT2D eigenvalue weighted by Gasteiger charge is 2.28. The Hall–Kier alpha value is -8.40. The molecule has 0 saturated heterocycles. The summed E-state index contributed by atoms with van der Waals surface area (Å²) in [7, 11) is 0. The third kappa shape index (κ3) is 4.74. The van der Waals surface area contributed by atoms with Crippen LogP contribution in [0.15, 0.2) is 224 Å². The molecule has 10 aromatic carbocycles. The van der Waals surface area contributed by atoms with Crippen molar-refractivity contribution < 1.29 is 0 Å². The van der Waals surface area contributed by atoms with Crippen LogP contribution < -0.4 is 0 Å². The molecule has 13 aromatic rings. The molecule has 3 heteroatoms. The zero-order valence-corrected chi connectivity index (χ0v) is 34.2. The van der Waals surface area contributed by atoms with Crippen molar-refractivity contribution in [1.82, 2.24) is 13.7 Å². The van der Waals surface area contributed by atoms with Crippen LogP contribution in [0.25, 0.3) is 127 Å². The Morgan fingerprint density at radius 1 is 0.206 bits per heavy atom. The summed E-state index contributed by atoms with van der Waals surface area (Å²) in [6.45, 7) is 0. The van der Waals surface area contributed by atoms with E-state index >= 15 is 0 Å². The maximum atomic E-state index is 2.52. The zero-order valence-electron chi connectivity index (χ0n) is 34.2. The second-order valence-corrected chi connectivity index (χ2v) is 16.8. The van der Waals surface area contributed by atoms with Crippen LogP contribution in [-0.4, -0.2) is 13.7 Å². The van der Waals surface area contributed by atoms with Gasteiger partial charge >= 0.3 is 0 Å². The first kappa shape index (κ1) is 34.3. The van der Waals surface area contributed by atoms with Crippen molar-refractivity contribution in [3.63, 3.8) is 0 Å². The minimum atomic E-state index is 1.15. The van der Waals surface area contributed by atoms with Gasteiger partial charge in [0.15, 0.2) is 0 Å². The third-order valence-corrected chi connectivity index (χ3v) is 13.6. The second-order valence-electron chi connectivity index (χ2n) is 16.8. The molecule has 0 N–H and O–H groups in total. The van der Waals surface area contributed by atoms with E-state index in [1.807, 2.05) is 0 Å². The lowest BCUT2D eigenvalue weighted by molar-refractivity contribution is 1.16. The van der Waals surface area contributed by atoms with Crippen LogP contribution in [-0.2, 0) is 0 Å². The molecule has 0 unspecified atom stereocenters. The van der Waals surface area contributed by atoms with Crippen molar-refractivity contribution in [1.29, 1.82) is 0 Å². The van der Waals surface area contributed by atoms with E-state index < -0.39 is 0 Å². The van der Waals surface area contributed by atoms with Gasteiger partial charge in [0.1, 0.15) is 0 Å². The molecule has 3 nitrogen and oxygen atoms in total. The number of benzene rings is 10. The van der Waals surface area contributed by atoms with Crippen molar-refractivity contribution >= 4 is 65.4 Å². The van der Waals surface area contributed by atoms with Gasteiger partial charge in [0.2, 0.25) is 0 Å². The molecule has 0 spiro atoms. The van der Waals surface area contributed by atoms with Gasteiger partial charge in [0.25, 0.3) is 0 Å². The summed E-state index contributed by atoms with van der Waals surface area (Å²) in [6, 6.07) is 83.0. The first-order chi connectivity index (χ1) is 31.3. The summed E-state index contributed by atoms with van der Waals surface area (Å²) in [5.74, 6) is 0. The second kappa shape index (κ2) is 13.1. The molecule has 0 bridgehead atoms. The SMILES string of the molecule is c1ccc2c(c1)-c1ccccc1-c1c(cccc1-n1c3ccccc3c3ccccc31)-c1c-2cccc1-n1c2ccccc2c2cc(-n3c4ccccc4c4ccccc43)ccc21. The number of rotatable bonds is 3. The number of para-hydroxylation sites is 5. The molecule has 292 valence electrons. The van der Waals surface area contributed by atoms with Crippen LogP contribution in [0.5, 0.6) is 0 Å². The molecule has 0 radical (unpaired) electrons. The Labute approximate surface area is 363 Å². The predicted octanol–water partition coefficient (Wildman–Crippen LogP) is 16.0. The molecule has 0 atom stereocenters. The minimum absolute atomic E-state index is 1.15. The molecule has 0 aliphatic heterocycles. The lowest BCUT2D eigenvalue weighted by atomic mass is 9.79. The fourth-order valence-electron chi connectivity index (χ4n) is 11.1. The summed E-state index contributed by atoms with van der Waals surface area (Å²) in [5, 5.41) is 7.48. The molecule has 14 rings (SSSR count). The van der Waals surface area contributed by atoms with Crippen LogP contribution in [0.2, 0.25) is 0 Å². The van der Waals surface area contributed by atoms with E-state index in [4.69, 9.17) is 0 Å². The third-order valence-electron chi connectivity index (χ3n) is 13.6. The highest BCUT2D eigenvalue weighted by molar-refractivity contribution is 6.15. The molecule has 0 amide bonds. The molecular formula is C60H37N3. The van der Waals surface area contributed by atoms with Gasteiger partial charge < -0.3 is 13.7 Å². The summed E-state index contributed by atoms with van der Waals surface area (Å²) in [4.78, 5) is 0. The van der Waals surface area contributed by atoms with Gasteiger partial charge in [0.05, 0.1) is 44.5 Å². The van der Waals surface area contributed by atoms with E-state index in [0.717, 1.165) is 17.1 Å². The van der Waals surface area contributed by atoms with Crippen molar-refractivity contribution in [2.75, 3.05) is 0 Å². The number of hydrogen-bond acceptors (Lipinski definition) is 0. The number of aromatic nitrogens is 3. The van der Waals surface area contributed by atoms with E-state index in [0.29, 0.717) is 0 Å². The topological polar surface area (TPSA) is 14.8 Å². The fourth-order valence-corrected chi connectivity index (χ4v) is 11.1. The maximum absolute atomic E-state index is 2.52. The normalized spacial score (nSPS) is 12.1. The Morgan fingerprint density at radius 2 is 0.540 bits per heavy atom. The van der Waals surface area contributed by atoms with Gasteiger partial charge in [-0.3, -0.25) is 0 Å². The Bertz CT molecular complexity index is 3930. The first-order valence-corrected chi connectivity index (χ1v) is 21.8. The smallest absolute Gasteiger partial charge is 0.0547 e. The fraction of sp³-hybridized carbons (Fsp3) is 0. The molecule has 1 aliphatic rings. The van der Waals surface area contributed by atoms with Crippen molar-refractivity contribution in [2.24, 2.45) is 0 Å². The Balaban J connectivity index is 1.11. The lowest BCUT2D eigenvalue weighted by Crippen LogP contribution is -2.05. The van der Waals surface area contributed by atoms with Crippen LogP contribution in [0.3, 0.4) is 0 Å². The monoisotopic (exact) mass is 799 g/mol. The largest absolute Gasteiger partial charge is 0.309 e. The van der Waals surface area contributed by atoms with Crippen molar-refractivity contribution in [2.45, 2.75) is 0 Å². The van der Waals surface area contributed by atoms with Crippen LogP contribution >= 0.6 is 0 Å². The van der Waals surface area contributed by atoms with E-state index in [-0.39, 0.29) is 0 Å². The van der Waals surface area contributed by atoms with E-state index in [1.54, 1.807) is 0 Å². The van der Waals surface area contributed by atoms with Gasteiger partial charge in [-0.05, 0) is 94.0 Å². The van der Waals surface area contributed by atoms with Crippen LogP contribution in [0, 0.1) is 0 Å². The molecule has 0 fully saturated rings. The highest BCUT2D eigenvalue weighted by atomic mass is 15.0. The van der Waals surface area contributed by atoms with Gasteiger partial charge in [0, 0.05) is 49.1 Å². The van der Waals surface area contributed by atoms with Crippen LogP contribution in [0.4, 0.5) is 0 Å². The van der Waals surface area contributed by atoms with Crippen molar-refractivity contribution in [3.05, 3.63) is 224 Å².